The number of carboxylic acid groups (broad SMARTS) is 1. The van der Waals surface area contributed by atoms with Gasteiger partial charge in [-0.15, -0.1) is 0 Å². The number of nitrogens with zero attached hydrogens (tertiary/aromatic N) is 6. The molecule has 2 amide bonds. The first-order valence-electron chi connectivity index (χ1n) is 17.8. The minimum absolute atomic E-state index is 0.140. The van der Waals surface area contributed by atoms with Gasteiger partial charge < -0.3 is 14.6 Å². The molecular formula is C42H34N6O8S4. The molecule has 8 rings (SSSR count). The molecule has 2 fully saturated rings. The Balaban J connectivity index is 0.000000185. The van der Waals surface area contributed by atoms with Crippen LogP contribution in [0.3, 0.4) is 0 Å². The van der Waals surface area contributed by atoms with Gasteiger partial charge in [0.25, 0.3) is 28.9 Å². The third kappa shape index (κ3) is 9.86. The van der Waals surface area contributed by atoms with Crippen LogP contribution in [-0.4, -0.2) is 74.2 Å². The van der Waals surface area contributed by atoms with Crippen molar-refractivity contribution in [2.24, 2.45) is 0 Å². The zero-order chi connectivity index (χ0) is 43.2. The molecule has 0 aliphatic carbocycles. The SMILES string of the molecule is CC(=O)O.Cc1ccc(Oc2nc3ccccn3c(=O)c2/C=C2/SC(=S)N(C)C2=O)cc1.Cc1ccc(Oc2nc3ccccn3c(=O)c2/C=C2/SC(=S)N(C)C2=O)cc1. The summed E-state index contributed by atoms with van der Waals surface area (Å²) >= 11 is 12.6. The van der Waals surface area contributed by atoms with Gasteiger partial charge in [-0.3, -0.25) is 42.6 Å². The quantitative estimate of drug-likeness (QED) is 0.130. The van der Waals surface area contributed by atoms with Crippen LogP contribution in [-0.2, 0) is 14.4 Å². The van der Waals surface area contributed by atoms with Gasteiger partial charge >= 0.3 is 0 Å². The number of ether oxygens (including phenoxy) is 2. The molecule has 0 spiro atoms. The van der Waals surface area contributed by atoms with Crippen molar-refractivity contribution in [2.45, 2.75) is 20.8 Å². The number of carbonyl (C=O) groups is 3. The van der Waals surface area contributed by atoms with E-state index < -0.39 is 5.97 Å². The number of aliphatic carboxylic acids is 1. The molecule has 18 heteroatoms. The van der Waals surface area contributed by atoms with Crippen LogP contribution in [0, 0.1) is 13.8 Å². The monoisotopic (exact) mass is 878 g/mol. The van der Waals surface area contributed by atoms with Gasteiger partial charge in [-0.25, -0.2) is 0 Å². The maximum absolute atomic E-state index is 13.1. The predicted molar refractivity (Wildman–Crippen MR) is 241 cm³/mol. The van der Waals surface area contributed by atoms with Crippen LogP contribution in [0.4, 0.5) is 0 Å². The van der Waals surface area contributed by atoms with Crippen molar-refractivity contribution in [1.82, 2.24) is 28.6 Å². The number of likely N-dealkylation sites (N-methyl/N-ethyl adjacent to an activating group) is 2. The van der Waals surface area contributed by atoms with E-state index in [0.717, 1.165) is 41.6 Å². The lowest BCUT2D eigenvalue weighted by molar-refractivity contribution is -0.134. The molecule has 14 nitrogen and oxygen atoms in total. The maximum atomic E-state index is 13.1. The molecule has 4 aromatic heterocycles. The van der Waals surface area contributed by atoms with Crippen molar-refractivity contribution < 1.29 is 29.0 Å². The summed E-state index contributed by atoms with van der Waals surface area (Å²) in [6.45, 7) is 5.03. The summed E-state index contributed by atoms with van der Waals surface area (Å²) < 4.78 is 15.5. The summed E-state index contributed by atoms with van der Waals surface area (Å²) in [6, 6.07) is 25.4. The zero-order valence-corrected chi connectivity index (χ0v) is 35.8. The van der Waals surface area contributed by atoms with Crippen LogP contribution in [0.1, 0.15) is 29.2 Å². The number of aromatic nitrogens is 4. The Kier molecular flexibility index (Phi) is 13.4. The van der Waals surface area contributed by atoms with E-state index >= 15 is 0 Å². The number of aryl methyl sites for hydroxylation is 2. The fourth-order valence-electron chi connectivity index (χ4n) is 5.36. The zero-order valence-electron chi connectivity index (χ0n) is 32.5. The Morgan fingerprint density at radius 3 is 1.30 bits per heavy atom. The lowest BCUT2D eigenvalue weighted by Gasteiger charge is -2.10. The lowest BCUT2D eigenvalue weighted by atomic mass is 10.2. The van der Waals surface area contributed by atoms with Gasteiger partial charge in [-0.2, -0.15) is 9.97 Å². The summed E-state index contributed by atoms with van der Waals surface area (Å²) in [4.78, 5) is 72.4. The Morgan fingerprint density at radius 1 is 0.633 bits per heavy atom. The van der Waals surface area contributed by atoms with Gasteiger partial charge in [0.1, 0.15) is 42.6 Å². The van der Waals surface area contributed by atoms with Crippen LogP contribution >= 0.6 is 48.0 Å². The third-order valence-corrected chi connectivity index (χ3v) is 11.4. The number of fused-ring (bicyclic) bond motifs is 2. The van der Waals surface area contributed by atoms with E-state index in [2.05, 4.69) is 9.97 Å². The summed E-state index contributed by atoms with van der Waals surface area (Å²) in [7, 11) is 3.21. The normalized spacial score (nSPS) is 15.0. The first kappa shape index (κ1) is 43.1. The number of carboxylic acids is 1. The first-order valence-corrected chi connectivity index (χ1v) is 20.2. The van der Waals surface area contributed by atoms with Gasteiger partial charge in [0.2, 0.25) is 11.8 Å². The Hall–Kier alpha value is -6.47. The fourth-order valence-corrected chi connectivity index (χ4v) is 7.68. The van der Waals surface area contributed by atoms with Crippen LogP contribution in [0.15, 0.2) is 117 Å². The van der Waals surface area contributed by atoms with E-state index in [-0.39, 0.29) is 45.8 Å². The van der Waals surface area contributed by atoms with Crippen molar-refractivity contribution >= 4 is 97.8 Å². The van der Waals surface area contributed by atoms with Crippen LogP contribution in [0.2, 0.25) is 0 Å². The lowest BCUT2D eigenvalue weighted by Crippen LogP contribution is -2.22. The molecule has 2 aromatic carbocycles. The number of rotatable bonds is 6. The highest BCUT2D eigenvalue weighted by Crippen LogP contribution is 2.34. The molecule has 0 radical (unpaired) electrons. The number of hydrogen-bond acceptors (Lipinski definition) is 13. The van der Waals surface area contributed by atoms with Gasteiger partial charge in [0.15, 0.2) is 0 Å². The molecule has 60 heavy (non-hydrogen) atoms. The van der Waals surface area contributed by atoms with Gasteiger partial charge in [-0.1, -0.05) is 95.5 Å². The van der Waals surface area contributed by atoms with E-state index in [0.29, 0.717) is 41.2 Å². The molecule has 304 valence electrons. The summed E-state index contributed by atoms with van der Waals surface area (Å²) in [5.41, 5.74) is 2.82. The third-order valence-electron chi connectivity index (χ3n) is 8.46. The van der Waals surface area contributed by atoms with Gasteiger partial charge in [-0.05, 0) is 74.5 Å². The highest BCUT2D eigenvalue weighted by molar-refractivity contribution is 8.27. The molecule has 2 aliphatic rings. The summed E-state index contributed by atoms with van der Waals surface area (Å²) in [5, 5.41) is 7.42. The summed E-state index contributed by atoms with van der Waals surface area (Å²) in [6.07, 6.45) is 6.26. The van der Waals surface area contributed by atoms with Crippen molar-refractivity contribution in [2.75, 3.05) is 14.1 Å². The van der Waals surface area contributed by atoms with Crippen LogP contribution in [0.25, 0.3) is 23.4 Å². The van der Waals surface area contributed by atoms with E-state index in [9.17, 15) is 19.2 Å². The highest BCUT2D eigenvalue weighted by atomic mass is 32.2. The average Bonchev–Trinajstić information content (AvgIpc) is 3.61. The number of thioether (sulfide) groups is 2. The minimum atomic E-state index is -0.833. The smallest absolute Gasteiger partial charge is 0.300 e. The largest absolute Gasteiger partial charge is 0.481 e. The molecule has 0 bridgehead atoms. The van der Waals surface area contributed by atoms with Crippen molar-refractivity contribution in [3.63, 3.8) is 0 Å². The standard InChI is InChI=1S/2C20H15N3O3S2.C2H4O2/c2*1-12-6-8-13(9-7-12)26-17-14(11-15-19(25)22(2)20(27)28-15)18(24)23-10-4-3-5-16(23)21-17;1-2(3)4/h2*3-11H,1-2H3;1H3,(H,3,4)/b2*15-11+;. The number of amides is 2. The molecular weight excluding hydrogens is 845 g/mol. The number of thiocarbonyl (C=S) groups is 2. The second kappa shape index (κ2) is 18.6. The molecule has 0 unspecified atom stereocenters. The number of pyridine rings is 2. The van der Waals surface area contributed by atoms with Gasteiger partial charge in [0, 0.05) is 33.4 Å². The van der Waals surface area contributed by atoms with E-state index in [1.54, 1.807) is 87.2 Å². The van der Waals surface area contributed by atoms with Crippen molar-refractivity contribution in [3.8, 4) is 23.3 Å². The van der Waals surface area contributed by atoms with Crippen molar-refractivity contribution in [3.05, 3.63) is 150 Å². The Morgan fingerprint density at radius 2 is 0.983 bits per heavy atom. The Labute approximate surface area is 361 Å². The average molecular weight is 879 g/mol. The molecule has 2 aliphatic heterocycles. The second-order valence-corrected chi connectivity index (χ2v) is 16.3. The van der Waals surface area contributed by atoms with Crippen LogP contribution in [0.5, 0.6) is 23.3 Å². The minimum Gasteiger partial charge on any atom is -0.481 e. The number of carbonyl (C=O) groups excluding carboxylic acids is 2. The Bertz CT molecular complexity index is 2700. The predicted octanol–water partition coefficient (Wildman–Crippen LogP) is 7.34. The van der Waals surface area contributed by atoms with E-state index in [4.69, 9.17) is 43.8 Å². The van der Waals surface area contributed by atoms with Gasteiger partial charge in [0.05, 0.1) is 9.81 Å². The van der Waals surface area contributed by atoms with Crippen LogP contribution < -0.4 is 20.6 Å². The van der Waals surface area contributed by atoms with E-state index in [1.165, 1.54) is 30.8 Å². The van der Waals surface area contributed by atoms with Crippen molar-refractivity contribution in [1.29, 1.82) is 0 Å². The molecule has 0 saturated carbocycles. The summed E-state index contributed by atoms with van der Waals surface area (Å²) in [5.74, 6) is 0.0384. The molecule has 1 N–H and O–H groups in total. The second-order valence-electron chi connectivity index (χ2n) is 13.0. The molecule has 2 saturated heterocycles. The maximum Gasteiger partial charge on any atom is 0.300 e. The van der Waals surface area contributed by atoms with E-state index in [1.807, 2.05) is 38.1 Å². The molecule has 6 heterocycles. The first-order chi connectivity index (χ1) is 28.6. The number of hydrogen-bond donors (Lipinski definition) is 1. The molecule has 6 aromatic rings. The molecule has 0 atom stereocenters. The highest BCUT2D eigenvalue weighted by Gasteiger charge is 2.31. The number of benzene rings is 2. The topological polar surface area (TPSA) is 165 Å². The fraction of sp³-hybridized carbons (Fsp3) is 0.119.